The van der Waals surface area contributed by atoms with E-state index in [1.165, 1.54) is 0 Å². The second-order valence-electron chi connectivity index (χ2n) is 4.88. The first-order valence-electron chi connectivity index (χ1n) is 6.15. The molecule has 0 aromatic rings. The van der Waals surface area contributed by atoms with E-state index in [2.05, 4.69) is 0 Å². The third-order valence-corrected chi connectivity index (χ3v) is 5.15. The first kappa shape index (κ1) is 13.8. The SMILES string of the molecule is O=C(O)CCC1COC(C2CCS(=O)(=O)CC2)O1. The average molecular weight is 278 g/mol. The first-order valence-corrected chi connectivity index (χ1v) is 7.98. The third kappa shape index (κ3) is 3.66. The Morgan fingerprint density at radius 2 is 1.94 bits per heavy atom. The summed E-state index contributed by atoms with van der Waals surface area (Å²) < 4.78 is 33.7. The number of hydrogen-bond donors (Lipinski definition) is 1. The van der Waals surface area contributed by atoms with E-state index in [0.717, 1.165) is 0 Å². The van der Waals surface area contributed by atoms with Gasteiger partial charge in [0.1, 0.15) is 9.84 Å². The van der Waals surface area contributed by atoms with E-state index < -0.39 is 15.8 Å². The van der Waals surface area contributed by atoms with Crippen molar-refractivity contribution in [3.8, 4) is 0 Å². The summed E-state index contributed by atoms with van der Waals surface area (Å²) in [6.45, 7) is 0.404. The number of rotatable bonds is 4. The molecule has 0 amide bonds. The Kier molecular flexibility index (Phi) is 4.24. The minimum Gasteiger partial charge on any atom is -0.481 e. The van der Waals surface area contributed by atoms with E-state index in [9.17, 15) is 13.2 Å². The van der Waals surface area contributed by atoms with Gasteiger partial charge in [-0.25, -0.2) is 8.42 Å². The fourth-order valence-corrected chi connectivity index (χ4v) is 3.86. The zero-order chi connectivity index (χ0) is 13.2. The van der Waals surface area contributed by atoms with Gasteiger partial charge in [-0.1, -0.05) is 0 Å². The molecular weight excluding hydrogens is 260 g/mol. The maximum atomic E-state index is 11.3. The molecular formula is C11H18O6S. The van der Waals surface area contributed by atoms with Gasteiger partial charge in [0.15, 0.2) is 6.29 Å². The molecule has 0 aromatic carbocycles. The van der Waals surface area contributed by atoms with Gasteiger partial charge < -0.3 is 14.6 Å². The molecule has 0 saturated carbocycles. The molecule has 7 heteroatoms. The molecule has 0 aliphatic carbocycles. The largest absolute Gasteiger partial charge is 0.481 e. The molecule has 18 heavy (non-hydrogen) atoms. The molecule has 6 nitrogen and oxygen atoms in total. The van der Waals surface area contributed by atoms with Crippen LogP contribution in [-0.2, 0) is 24.1 Å². The van der Waals surface area contributed by atoms with Gasteiger partial charge >= 0.3 is 5.97 Å². The van der Waals surface area contributed by atoms with Gasteiger partial charge in [-0.2, -0.15) is 0 Å². The zero-order valence-corrected chi connectivity index (χ0v) is 10.9. The van der Waals surface area contributed by atoms with E-state index >= 15 is 0 Å². The molecule has 2 atom stereocenters. The topological polar surface area (TPSA) is 89.9 Å². The number of aliphatic carboxylic acids is 1. The third-order valence-electron chi connectivity index (χ3n) is 3.44. The van der Waals surface area contributed by atoms with Crippen molar-refractivity contribution in [3.63, 3.8) is 0 Å². The first-order chi connectivity index (χ1) is 8.46. The van der Waals surface area contributed by atoms with Gasteiger partial charge in [0.2, 0.25) is 0 Å². The van der Waals surface area contributed by atoms with Crippen LogP contribution in [0.25, 0.3) is 0 Å². The number of carboxylic acids is 1. The zero-order valence-electron chi connectivity index (χ0n) is 10.1. The highest BCUT2D eigenvalue weighted by Gasteiger charge is 2.36. The highest BCUT2D eigenvalue weighted by Crippen LogP contribution is 2.29. The van der Waals surface area contributed by atoms with Crippen molar-refractivity contribution >= 4 is 15.8 Å². The highest BCUT2D eigenvalue weighted by molar-refractivity contribution is 7.91. The summed E-state index contributed by atoms with van der Waals surface area (Å²) in [5.41, 5.74) is 0. The fraction of sp³-hybridized carbons (Fsp3) is 0.909. The van der Waals surface area contributed by atoms with Crippen molar-refractivity contribution in [2.24, 2.45) is 5.92 Å². The van der Waals surface area contributed by atoms with Gasteiger partial charge in [0.05, 0.1) is 24.2 Å². The smallest absolute Gasteiger partial charge is 0.303 e. The predicted octanol–water partition coefficient (Wildman–Crippen LogP) is 0.418. The highest BCUT2D eigenvalue weighted by atomic mass is 32.2. The van der Waals surface area contributed by atoms with Crippen molar-refractivity contribution in [1.82, 2.24) is 0 Å². The molecule has 0 radical (unpaired) electrons. The van der Waals surface area contributed by atoms with E-state index in [1.807, 2.05) is 0 Å². The Hall–Kier alpha value is -0.660. The summed E-state index contributed by atoms with van der Waals surface area (Å²) in [6, 6.07) is 0. The van der Waals surface area contributed by atoms with E-state index in [0.29, 0.717) is 25.9 Å². The summed E-state index contributed by atoms with van der Waals surface area (Å²) in [5.74, 6) is -0.337. The fourth-order valence-electron chi connectivity index (χ4n) is 2.33. The molecule has 2 heterocycles. The van der Waals surface area contributed by atoms with Crippen LogP contribution in [0.1, 0.15) is 25.7 Å². The monoisotopic (exact) mass is 278 g/mol. The Morgan fingerprint density at radius 1 is 1.28 bits per heavy atom. The standard InChI is InChI=1S/C11H18O6S/c12-10(13)2-1-9-7-16-11(17-9)8-3-5-18(14,15)6-4-8/h8-9,11H,1-7H2,(H,12,13). The molecule has 2 fully saturated rings. The summed E-state index contributed by atoms with van der Waals surface area (Å²) >= 11 is 0. The maximum absolute atomic E-state index is 11.3. The van der Waals surface area contributed by atoms with Crippen LogP contribution in [0.3, 0.4) is 0 Å². The molecule has 0 aromatic heterocycles. The number of carboxylic acid groups (broad SMARTS) is 1. The molecule has 2 aliphatic heterocycles. The minimum absolute atomic E-state index is 0.0692. The van der Waals surface area contributed by atoms with Crippen molar-refractivity contribution < 1.29 is 27.8 Å². The van der Waals surface area contributed by atoms with Crippen LogP contribution in [0, 0.1) is 5.92 Å². The van der Waals surface area contributed by atoms with Crippen LogP contribution in [0.2, 0.25) is 0 Å². The Morgan fingerprint density at radius 3 is 2.56 bits per heavy atom. The van der Waals surface area contributed by atoms with Crippen LogP contribution < -0.4 is 0 Å². The molecule has 2 rings (SSSR count). The van der Waals surface area contributed by atoms with Gasteiger partial charge in [0.25, 0.3) is 0 Å². The van der Waals surface area contributed by atoms with Crippen LogP contribution in [0.5, 0.6) is 0 Å². The summed E-state index contributed by atoms with van der Waals surface area (Å²) in [5, 5.41) is 8.58. The lowest BCUT2D eigenvalue weighted by Crippen LogP contribution is -2.32. The maximum Gasteiger partial charge on any atom is 0.303 e. The quantitative estimate of drug-likeness (QED) is 0.801. The number of hydrogen-bond acceptors (Lipinski definition) is 5. The number of sulfone groups is 1. The summed E-state index contributed by atoms with van der Waals surface area (Å²) in [4.78, 5) is 10.4. The summed E-state index contributed by atoms with van der Waals surface area (Å²) in [6.07, 6.45) is 1.11. The molecule has 2 saturated heterocycles. The van der Waals surface area contributed by atoms with E-state index in [1.54, 1.807) is 0 Å². The van der Waals surface area contributed by atoms with Gasteiger partial charge in [-0.15, -0.1) is 0 Å². The van der Waals surface area contributed by atoms with Crippen LogP contribution in [0.15, 0.2) is 0 Å². The second-order valence-corrected chi connectivity index (χ2v) is 7.19. The molecule has 1 N–H and O–H groups in total. The second kappa shape index (κ2) is 5.54. The normalized spacial score (nSPS) is 32.4. The lowest BCUT2D eigenvalue weighted by molar-refractivity contribution is -0.138. The van der Waals surface area contributed by atoms with Gasteiger partial charge in [-0.3, -0.25) is 4.79 Å². The van der Waals surface area contributed by atoms with Gasteiger partial charge in [-0.05, 0) is 19.3 Å². The van der Waals surface area contributed by atoms with Crippen molar-refractivity contribution in [1.29, 1.82) is 0 Å². The van der Waals surface area contributed by atoms with Crippen LogP contribution in [-0.4, -0.2) is 50.0 Å². The van der Waals surface area contributed by atoms with Gasteiger partial charge in [0, 0.05) is 12.3 Å². The lowest BCUT2D eigenvalue weighted by atomic mass is 10.0. The number of carbonyl (C=O) groups is 1. The van der Waals surface area contributed by atoms with E-state index in [4.69, 9.17) is 14.6 Å². The Balaban J connectivity index is 1.77. The average Bonchev–Trinajstić information content (AvgIpc) is 2.75. The molecule has 2 unspecified atom stereocenters. The molecule has 0 bridgehead atoms. The van der Waals surface area contributed by atoms with Crippen LogP contribution >= 0.6 is 0 Å². The molecule has 0 spiro atoms. The Bertz CT molecular complexity index is 390. The summed E-state index contributed by atoms with van der Waals surface area (Å²) in [7, 11) is -2.87. The predicted molar refractivity (Wildman–Crippen MR) is 62.9 cm³/mol. The van der Waals surface area contributed by atoms with Crippen LogP contribution in [0.4, 0.5) is 0 Å². The van der Waals surface area contributed by atoms with Crippen molar-refractivity contribution in [2.45, 2.75) is 38.1 Å². The van der Waals surface area contributed by atoms with Crippen molar-refractivity contribution in [3.05, 3.63) is 0 Å². The Labute approximate surface area is 106 Å². The van der Waals surface area contributed by atoms with E-state index in [-0.39, 0.29) is 36.2 Å². The van der Waals surface area contributed by atoms with Crippen molar-refractivity contribution in [2.75, 3.05) is 18.1 Å². The molecule has 2 aliphatic rings. The lowest BCUT2D eigenvalue weighted by Gasteiger charge is -2.26. The number of ether oxygens (including phenoxy) is 2. The minimum atomic E-state index is -2.87. The molecule has 104 valence electrons.